The van der Waals surface area contributed by atoms with E-state index in [-0.39, 0.29) is 5.88 Å². The summed E-state index contributed by atoms with van der Waals surface area (Å²) in [4.78, 5) is 0. The Morgan fingerprint density at radius 1 is 1.44 bits per heavy atom. The first-order valence-electron chi connectivity index (χ1n) is 4.37. The molecule has 2 N–H and O–H groups in total. The predicted molar refractivity (Wildman–Crippen MR) is 65.6 cm³/mol. The van der Waals surface area contributed by atoms with Crippen LogP contribution in [-0.2, 0) is 0 Å². The Morgan fingerprint density at radius 3 is 2.75 bits per heavy atom. The third kappa shape index (κ3) is 2.01. The van der Waals surface area contributed by atoms with E-state index in [4.69, 9.17) is 26.6 Å². The molecule has 0 saturated carbocycles. The van der Waals surface area contributed by atoms with Crippen LogP contribution >= 0.6 is 27.5 Å². The summed E-state index contributed by atoms with van der Waals surface area (Å²) >= 11 is 9.38. The first-order chi connectivity index (χ1) is 7.61. The van der Waals surface area contributed by atoms with Crippen LogP contribution in [0.2, 0.25) is 5.02 Å². The van der Waals surface area contributed by atoms with E-state index in [0.29, 0.717) is 16.5 Å². The van der Waals surface area contributed by atoms with Gasteiger partial charge >= 0.3 is 0 Å². The monoisotopic (exact) mass is 302 g/mol. The van der Waals surface area contributed by atoms with E-state index in [9.17, 15) is 0 Å². The second-order valence-electron chi connectivity index (χ2n) is 3.08. The number of benzene rings is 1. The van der Waals surface area contributed by atoms with Crippen LogP contribution in [0.5, 0.6) is 5.75 Å². The highest BCUT2D eigenvalue weighted by Crippen LogP contribution is 2.38. The molecular formula is C10H8BrClN2O2. The third-order valence-electron chi connectivity index (χ3n) is 2.03. The van der Waals surface area contributed by atoms with Crippen LogP contribution in [-0.4, -0.2) is 12.3 Å². The molecule has 16 heavy (non-hydrogen) atoms. The van der Waals surface area contributed by atoms with E-state index in [1.165, 1.54) is 0 Å². The molecule has 0 fully saturated rings. The number of hydrogen-bond acceptors (Lipinski definition) is 4. The van der Waals surface area contributed by atoms with Gasteiger partial charge in [0.15, 0.2) is 0 Å². The van der Waals surface area contributed by atoms with Crippen molar-refractivity contribution in [2.75, 3.05) is 12.8 Å². The lowest BCUT2D eigenvalue weighted by Gasteiger charge is -2.07. The normalized spacial score (nSPS) is 10.4. The molecule has 84 valence electrons. The Morgan fingerprint density at radius 2 is 2.19 bits per heavy atom. The summed E-state index contributed by atoms with van der Waals surface area (Å²) in [7, 11) is 1.57. The van der Waals surface area contributed by atoms with Gasteiger partial charge in [0.1, 0.15) is 11.4 Å². The van der Waals surface area contributed by atoms with Gasteiger partial charge < -0.3 is 15.0 Å². The van der Waals surface area contributed by atoms with Crippen molar-refractivity contribution in [3.05, 3.63) is 27.7 Å². The van der Waals surface area contributed by atoms with Gasteiger partial charge in [0.05, 0.1) is 11.6 Å². The van der Waals surface area contributed by atoms with Crippen molar-refractivity contribution in [2.24, 2.45) is 0 Å². The molecule has 1 aromatic heterocycles. The van der Waals surface area contributed by atoms with Crippen LogP contribution in [0.3, 0.4) is 0 Å². The molecule has 0 atom stereocenters. The Hall–Kier alpha value is -1.20. The lowest BCUT2D eigenvalue weighted by Crippen LogP contribution is -1.88. The van der Waals surface area contributed by atoms with Crippen molar-refractivity contribution in [1.82, 2.24) is 5.16 Å². The summed E-state index contributed by atoms with van der Waals surface area (Å²) < 4.78 is 10.7. The minimum atomic E-state index is 0.251. The van der Waals surface area contributed by atoms with Gasteiger partial charge in [-0.2, -0.15) is 0 Å². The number of aromatic nitrogens is 1. The molecule has 0 aliphatic carbocycles. The average Bonchev–Trinajstić information content (AvgIpc) is 2.67. The van der Waals surface area contributed by atoms with Gasteiger partial charge in [-0.15, -0.1) is 0 Å². The zero-order valence-electron chi connectivity index (χ0n) is 8.33. The lowest BCUT2D eigenvalue weighted by molar-refractivity contribution is 0.412. The Kier molecular flexibility index (Phi) is 3.07. The SMILES string of the molecule is COc1cc(Cl)cc(-c2cc(N)on2)c1Br. The van der Waals surface area contributed by atoms with E-state index in [1.54, 1.807) is 25.3 Å². The smallest absolute Gasteiger partial charge is 0.222 e. The standard InChI is InChI=1S/C10H8BrClN2O2/c1-15-8-3-5(12)2-6(10(8)11)7-4-9(13)16-14-7/h2-4H,13H2,1H3. The highest BCUT2D eigenvalue weighted by atomic mass is 79.9. The number of hydrogen-bond donors (Lipinski definition) is 1. The maximum Gasteiger partial charge on any atom is 0.222 e. The van der Waals surface area contributed by atoms with Crippen LogP contribution in [0.15, 0.2) is 27.2 Å². The quantitative estimate of drug-likeness (QED) is 0.924. The van der Waals surface area contributed by atoms with E-state index in [1.807, 2.05) is 0 Å². The second-order valence-corrected chi connectivity index (χ2v) is 4.31. The summed E-state index contributed by atoms with van der Waals surface area (Å²) in [6, 6.07) is 5.08. The van der Waals surface area contributed by atoms with Crippen molar-refractivity contribution in [2.45, 2.75) is 0 Å². The minimum absolute atomic E-state index is 0.251. The first-order valence-corrected chi connectivity index (χ1v) is 5.54. The highest BCUT2D eigenvalue weighted by Gasteiger charge is 2.13. The van der Waals surface area contributed by atoms with Gasteiger partial charge in [-0.3, -0.25) is 0 Å². The van der Waals surface area contributed by atoms with Crippen LogP contribution in [0.4, 0.5) is 5.88 Å². The highest BCUT2D eigenvalue weighted by molar-refractivity contribution is 9.10. The topological polar surface area (TPSA) is 61.3 Å². The average molecular weight is 304 g/mol. The minimum Gasteiger partial charge on any atom is -0.495 e. The van der Waals surface area contributed by atoms with E-state index < -0.39 is 0 Å². The molecule has 4 nitrogen and oxygen atoms in total. The van der Waals surface area contributed by atoms with E-state index >= 15 is 0 Å². The van der Waals surface area contributed by atoms with Crippen molar-refractivity contribution in [3.63, 3.8) is 0 Å². The summed E-state index contributed by atoms with van der Waals surface area (Å²) in [5, 5.41) is 4.37. The second kappa shape index (κ2) is 4.35. The van der Waals surface area contributed by atoms with Gasteiger partial charge in [0, 0.05) is 16.7 Å². The molecule has 0 bridgehead atoms. The van der Waals surface area contributed by atoms with Crippen LogP contribution in [0.1, 0.15) is 0 Å². The Bertz CT molecular complexity index is 528. The molecule has 0 radical (unpaired) electrons. The largest absolute Gasteiger partial charge is 0.495 e. The van der Waals surface area contributed by atoms with Crippen LogP contribution in [0, 0.1) is 0 Å². The number of methoxy groups -OCH3 is 1. The van der Waals surface area contributed by atoms with Crippen LogP contribution in [0.25, 0.3) is 11.3 Å². The first kappa shape index (κ1) is 11.3. The summed E-state index contributed by atoms with van der Waals surface area (Å²) in [5.74, 6) is 0.880. The van der Waals surface area contributed by atoms with Gasteiger partial charge in [0.2, 0.25) is 5.88 Å². The number of halogens is 2. The van der Waals surface area contributed by atoms with Crippen molar-refractivity contribution >= 4 is 33.4 Å². The zero-order chi connectivity index (χ0) is 11.7. The van der Waals surface area contributed by atoms with E-state index in [0.717, 1.165) is 10.0 Å². The molecule has 0 unspecified atom stereocenters. The molecule has 2 aromatic rings. The molecule has 0 amide bonds. The number of anilines is 1. The van der Waals surface area contributed by atoms with Gasteiger partial charge in [0.25, 0.3) is 0 Å². The Balaban J connectivity index is 2.60. The maximum atomic E-state index is 5.97. The molecule has 0 aliphatic heterocycles. The molecule has 2 rings (SSSR count). The molecule has 0 aliphatic rings. The number of nitrogens with zero attached hydrogens (tertiary/aromatic N) is 1. The maximum absolute atomic E-state index is 5.97. The van der Waals surface area contributed by atoms with Gasteiger partial charge in [-0.05, 0) is 28.1 Å². The van der Waals surface area contributed by atoms with Crippen molar-refractivity contribution < 1.29 is 9.26 Å². The fourth-order valence-electron chi connectivity index (χ4n) is 1.32. The van der Waals surface area contributed by atoms with Crippen molar-refractivity contribution in [3.8, 4) is 17.0 Å². The fraction of sp³-hybridized carbons (Fsp3) is 0.100. The predicted octanol–water partition coefficient (Wildman–Crippen LogP) is 3.35. The van der Waals surface area contributed by atoms with Crippen LogP contribution < -0.4 is 10.5 Å². The summed E-state index contributed by atoms with van der Waals surface area (Å²) in [6.07, 6.45) is 0. The third-order valence-corrected chi connectivity index (χ3v) is 3.06. The molecule has 1 heterocycles. The molecule has 1 aromatic carbocycles. The number of ether oxygens (including phenoxy) is 1. The summed E-state index contributed by atoms with van der Waals surface area (Å²) in [6.45, 7) is 0. The molecular weight excluding hydrogens is 295 g/mol. The Labute approximate surface area is 105 Å². The number of rotatable bonds is 2. The zero-order valence-corrected chi connectivity index (χ0v) is 10.7. The summed E-state index contributed by atoms with van der Waals surface area (Å²) in [5.41, 5.74) is 6.84. The molecule has 0 saturated heterocycles. The van der Waals surface area contributed by atoms with E-state index in [2.05, 4.69) is 21.1 Å². The lowest BCUT2D eigenvalue weighted by atomic mass is 10.1. The number of nitrogens with two attached hydrogens (primary N) is 1. The number of nitrogen functional groups attached to an aromatic ring is 1. The van der Waals surface area contributed by atoms with Gasteiger partial charge in [-0.1, -0.05) is 16.8 Å². The van der Waals surface area contributed by atoms with Gasteiger partial charge in [-0.25, -0.2) is 0 Å². The molecule has 6 heteroatoms. The molecule has 0 spiro atoms. The fourth-order valence-corrected chi connectivity index (χ4v) is 2.12. The van der Waals surface area contributed by atoms with Crippen molar-refractivity contribution in [1.29, 1.82) is 0 Å².